The zero-order valence-corrected chi connectivity index (χ0v) is 9.49. The lowest BCUT2D eigenvalue weighted by atomic mass is 9.90. The van der Waals surface area contributed by atoms with E-state index in [1.54, 1.807) is 0 Å². The Hall–Kier alpha value is -1.51. The minimum Gasteiger partial charge on any atom is -0.481 e. The van der Waals surface area contributed by atoms with E-state index in [4.69, 9.17) is 10.8 Å². The minimum absolute atomic E-state index is 0.0740. The molecule has 3 N–H and O–H groups in total. The molecular weight excluding hydrogens is 202 g/mol. The third-order valence-electron chi connectivity index (χ3n) is 3.37. The van der Waals surface area contributed by atoms with Crippen molar-refractivity contribution in [2.45, 2.75) is 38.5 Å². The fourth-order valence-electron chi connectivity index (χ4n) is 2.60. The van der Waals surface area contributed by atoms with E-state index in [0.29, 0.717) is 0 Å². The van der Waals surface area contributed by atoms with Gasteiger partial charge < -0.3 is 10.8 Å². The van der Waals surface area contributed by atoms with Gasteiger partial charge in [-0.25, -0.2) is 0 Å². The molecule has 0 bridgehead atoms. The number of hydrogen-bond donors (Lipinski definition) is 2. The summed E-state index contributed by atoms with van der Waals surface area (Å²) in [6.07, 6.45) is 3.40. The molecule has 1 aromatic carbocycles. The number of carboxylic acid groups (broad SMARTS) is 1. The van der Waals surface area contributed by atoms with Crippen LogP contribution in [0.15, 0.2) is 12.1 Å². The smallest absolute Gasteiger partial charge is 0.303 e. The van der Waals surface area contributed by atoms with Gasteiger partial charge in [-0.2, -0.15) is 0 Å². The molecule has 0 spiro atoms. The van der Waals surface area contributed by atoms with Gasteiger partial charge in [-0.1, -0.05) is 13.0 Å². The molecule has 0 saturated heterocycles. The van der Waals surface area contributed by atoms with Gasteiger partial charge >= 0.3 is 5.97 Å². The number of hydrogen-bond acceptors (Lipinski definition) is 2. The predicted molar refractivity (Wildman–Crippen MR) is 63.5 cm³/mol. The summed E-state index contributed by atoms with van der Waals surface area (Å²) in [5, 5.41) is 8.82. The molecule has 2 rings (SSSR count). The average molecular weight is 219 g/mol. The topological polar surface area (TPSA) is 63.3 Å². The standard InChI is InChI=1S/C13H17NO2/c1-8(7-13(15)16)9-5-6-12(14)11-4-2-3-10(9)11/h5-6,8H,2-4,7,14H2,1H3,(H,15,16). The van der Waals surface area contributed by atoms with Crippen LogP contribution in [0, 0.1) is 0 Å². The third kappa shape index (κ3) is 1.90. The van der Waals surface area contributed by atoms with Gasteiger partial charge in [0.2, 0.25) is 0 Å². The summed E-state index contributed by atoms with van der Waals surface area (Å²) < 4.78 is 0. The van der Waals surface area contributed by atoms with Gasteiger partial charge in [0.25, 0.3) is 0 Å². The Kier molecular flexibility index (Phi) is 2.86. The second-order valence-electron chi connectivity index (χ2n) is 4.55. The van der Waals surface area contributed by atoms with Crippen LogP contribution in [0.1, 0.15) is 42.4 Å². The first-order valence-electron chi connectivity index (χ1n) is 5.71. The first-order chi connectivity index (χ1) is 7.59. The van der Waals surface area contributed by atoms with Crippen LogP contribution in [-0.4, -0.2) is 11.1 Å². The summed E-state index contributed by atoms with van der Waals surface area (Å²) in [5.74, 6) is -0.666. The monoisotopic (exact) mass is 219 g/mol. The van der Waals surface area contributed by atoms with Crippen molar-refractivity contribution in [2.75, 3.05) is 5.73 Å². The van der Waals surface area contributed by atoms with E-state index in [1.165, 1.54) is 16.7 Å². The lowest BCUT2D eigenvalue weighted by Crippen LogP contribution is -2.06. The summed E-state index contributed by atoms with van der Waals surface area (Å²) >= 11 is 0. The van der Waals surface area contributed by atoms with Crippen LogP contribution in [0.4, 0.5) is 5.69 Å². The molecule has 3 heteroatoms. The largest absolute Gasteiger partial charge is 0.481 e. The Morgan fingerprint density at radius 3 is 2.81 bits per heavy atom. The molecular formula is C13H17NO2. The zero-order valence-electron chi connectivity index (χ0n) is 9.49. The van der Waals surface area contributed by atoms with E-state index < -0.39 is 5.97 Å². The van der Waals surface area contributed by atoms with Crippen LogP contribution in [0.3, 0.4) is 0 Å². The molecule has 16 heavy (non-hydrogen) atoms. The number of anilines is 1. The molecule has 0 saturated carbocycles. The average Bonchev–Trinajstić information content (AvgIpc) is 2.66. The van der Waals surface area contributed by atoms with Gasteiger partial charge in [0.05, 0.1) is 6.42 Å². The van der Waals surface area contributed by atoms with Crippen molar-refractivity contribution >= 4 is 11.7 Å². The molecule has 0 heterocycles. The van der Waals surface area contributed by atoms with E-state index >= 15 is 0 Å². The molecule has 0 aliphatic heterocycles. The molecule has 0 radical (unpaired) electrons. The Balaban J connectivity index is 2.35. The van der Waals surface area contributed by atoms with Crippen LogP contribution in [0.25, 0.3) is 0 Å². The highest BCUT2D eigenvalue weighted by Gasteiger charge is 2.21. The zero-order chi connectivity index (χ0) is 11.7. The molecule has 1 aliphatic carbocycles. The fraction of sp³-hybridized carbons (Fsp3) is 0.462. The highest BCUT2D eigenvalue weighted by Crippen LogP contribution is 2.34. The van der Waals surface area contributed by atoms with Gasteiger partial charge in [0.1, 0.15) is 0 Å². The second-order valence-corrected chi connectivity index (χ2v) is 4.55. The second kappa shape index (κ2) is 4.16. The number of benzene rings is 1. The lowest BCUT2D eigenvalue weighted by molar-refractivity contribution is -0.137. The Morgan fingerprint density at radius 1 is 1.44 bits per heavy atom. The molecule has 0 amide bonds. The maximum absolute atomic E-state index is 10.7. The number of rotatable bonds is 3. The van der Waals surface area contributed by atoms with E-state index in [1.807, 2.05) is 19.1 Å². The predicted octanol–water partition coefficient (Wildman–Crippen LogP) is 2.34. The third-order valence-corrected chi connectivity index (χ3v) is 3.37. The Bertz CT molecular complexity index is 426. The van der Waals surface area contributed by atoms with Crippen molar-refractivity contribution in [1.82, 2.24) is 0 Å². The van der Waals surface area contributed by atoms with Gasteiger partial charge in [-0.15, -0.1) is 0 Å². The summed E-state index contributed by atoms with van der Waals surface area (Å²) in [6.45, 7) is 1.97. The maximum atomic E-state index is 10.7. The van der Waals surface area contributed by atoms with Crippen molar-refractivity contribution in [1.29, 1.82) is 0 Å². The van der Waals surface area contributed by atoms with E-state index in [2.05, 4.69) is 0 Å². The molecule has 1 aliphatic rings. The first kappa shape index (κ1) is 11.0. The van der Waals surface area contributed by atoms with Crippen LogP contribution >= 0.6 is 0 Å². The highest BCUT2D eigenvalue weighted by atomic mass is 16.4. The molecule has 86 valence electrons. The summed E-state index contributed by atoms with van der Waals surface area (Å²) in [6, 6.07) is 3.91. The van der Waals surface area contributed by atoms with Crippen LogP contribution in [0.2, 0.25) is 0 Å². The van der Waals surface area contributed by atoms with Crippen molar-refractivity contribution in [3.8, 4) is 0 Å². The number of fused-ring (bicyclic) bond motifs is 1. The summed E-state index contributed by atoms with van der Waals surface area (Å²) in [4.78, 5) is 10.7. The van der Waals surface area contributed by atoms with Gasteiger partial charge in [-0.05, 0) is 47.9 Å². The molecule has 1 unspecified atom stereocenters. The van der Waals surface area contributed by atoms with E-state index in [-0.39, 0.29) is 12.3 Å². The number of carboxylic acids is 1. The van der Waals surface area contributed by atoms with Crippen LogP contribution < -0.4 is 5.73 Å². The van der Waals surface area contributed by atoms with Gasteiger partial charge in [-0.3, -0.25) is 4.79 Å². The van der Waals surface area contributed by atoms with E-state index in [0.717, 1.165) is 24.9 Å². The fourth-order valence-corrected chi connectivity index (χ4v) is 2.60. The van der Waals surface area contributed by atoms with Crippen LogP contribution in [-0.2, 0) is 17.6 Å². The lowest BCUT2D eigenvalue weighted by Gasteiger charge is -2.15. The van der Waals surface area contributed by atoms with Crippen molar-refractivity contribution in [3.63, 3.8) is 0 Å². The van der Waals surface area contributed by atoms with Crippen LogP contribution in [0.5, 0.6) is 0 Å². The SMILES string of the molecule is CC(CC(=O)O)c1ccc(N)c2c1CCC2. The van der Waals surface area contributed by atoms with Crippen molar-refractivity contribution < 1.29 is 9.90 Å². The molecule has 0 fully saturated rings. The van der Waals surface area contributed by atoms with E-state index in [9.17, 15) is 4.79 Å². The van der Waals surface area contributed by atoms with Gasteiger partial charge in [0.15, 0.2) is 0 Å². The Labute approximate surface area is 95.3 Å². The van der Waals surface area contributed by atoms with Crippen molar-refractivity contribution in [3.05, 3.63) is 28.8 Å². The molecule has 1 aromatic rings. The summed E-state index contributed by atoms with van der Waals surface area (Å²) in [5.41, 5.74) is 10.5. The minimum atomic E-state index is -0.740. The quantitative estimate of drug-likeness (QED) is 0.767. The maximum Gasteiger partial charge on any atom is 0.303 e. The number of nitrogens with two attached hydrogens (primary N) is 1. The molecule has 0 aromatic heterocycles. The number of aliphatic carboxylic acids is 1. The van der Waals surface area contributed by atoms with Crippen molar-refractivity contribution in [2.24, 2.45) is 0 Å². The first-order valence-corrected chi connectivity index (χ1v) is 5.71. The molecule has 1 atom stereocenters. The van der Waals surface area contributed by atoms with Gasteiger partial charge in [0, 0.05) is 5.69 Å². The molecule has 3 nitrogen and oxygen atoms in total. The normalized spacial score (nSPS) is 15.8. The summed E-state index contributed by atoms with van der Waals surface area (Å²) in [7, 11) is 0. The highest BCUT2D eigenvalue weighted by molar-refractivity contribution is 5.68. The Morgan fingerprint density at radius 2 is 2.12 bits per heavy atom. The number of carbonyl (C=O) groups is 1. The number of nitrogen functional groups attached to an aromatic ring is 1.